The number of hydrogen-bond donors (Lipinski definition) is 0. The summed E-state index contributed by atoms with van der Waals surface area (Å²) in [5, 5.41) is 1.04. The van der Waals surface area contributed by atoms with Gasteiger partial charge in [0.25, 0.3) is 5.56 Å². The van der Waals surface area contributed by atoms with Crippen molar-refractivity contribution in [1.29, 1.82) is 0 Å². The van der Waals surface area contributed by atoms with Gasteiger partial charge in [0, 0.05) is 6.20 Å². The molecule has 0 amide bonds. The number of hydrogen-bond acceptors (Lipinski definition) is 5. The fourth-order valence-corrected chi connectivity index (χ4v) is 4.23. The zero-order chi connectivity index (χ0) is 20.1. The van der Waals surface area contributed by atoms with Crippen LogP contribution in [0.5, 0.6) is 0 Å². The number of aromatic nitrogens is 4. The number of rotatable bonds is 2. The van der Waals surface area contributed by atoms with Crippen LogP contribution in [0.25, 0.3) is 32.5 Å². The van der Waals surface area contributed by atoms with Crippen LogP contribution in [0.3, 0.4) is 0 Å². The molecule has 0 spiro atoms. The lowest BCUT2D eigenvalue weighted by atomic mass is 10.2. The lowest BCUT2D eigenvalue weighted by Crippen LogP contribution is -2.38. The molecule has 0 saturated carbocycles. The third-order valence-corrected chi connectivity index (χ3v) is 6.10. The molecule has 3 heterocycles. The first-order valence-corrected chi connectivity index (χ1v) is 10.1. The Labute approximate surface area is 177 Å². The summed E-state index contributed by atoms with van der Waals surface area (Å²) >= 11 is 13.7. The van der Waals surface area contributed by atoms with E-state index in [-0.39, 0.29) is 0 Å². The van der Waals surface area contributed by atoms with Crippen molar-refractivity contribution in [2.75, 3.05) is 0 Å². The summed E-state index contributed by atoms with van der Waals surface area (Å²) in [6, 6.07) is 11.7. The highest BCUT2D eigenvalue weighted by molar-refractivity contribution is 7.16. The predicted molar refractivity (Wildman–Crippen MR) is 116 cm³/mol. The fourth-order valence-electron chi connectivity index (χ4n) is 3.25. The van der Waals surface area contributed by atoms with Crippen LogP contribution in [0.15, 0.2) is 70.0 Å². The first kappa shape index (κ1) is 18.1. The topological polar surface area (TPSA) is 69.8 Å². The molecule has 0 aliphatic carbocycles. The molecule has 2 aromatic carbocycles. The maximum Gasteiger partial charge on any atom is 0.340 e. The van der Waals surface area contributed by atoms with E-state index < -0.39 is 11.2 Å². The van der Waals surface area contributed by atoms with Gasteiger partial charge in [-0.05, 0) is 42.5 Å². The summed E-state index contributed by atoms with van der Waals surface area (Å²) < 4.78 is 3.41. The van der Waals surface area contributed by atoms with Gasteiger partial charge >= 0.3 is 5.69 Å². The number of benzene rings is 2. The number of thiazole rings is 1. The van der Waals surface area contributed by atoms with Crippen LogP contribution in [0.2, 0.25) is 10.0 Å². The number of halogens is 2. The van der Waals surface area contributed by atoms with Gasteiger partial charge < -0.3 is 0 Å². The summed E-state index contributed by atoms with van der Waals surface area (Å²) in [6.07, 6.45) is 3.04. The average Bonchev–Trinajstić information content (AvgIpc) is 3.18. The highest BCUT2D eigenvalue weighted by Gasteiger charge is 2.18. The molecule has 0 fully saturated rings. The van der Waals surface area contributed by atoms with Crippen LogP contribution in [0, 0.1) is 0 Å². The van der Waals surface area contributed by atoms with E-state index in [2.05, 4.69) is 9.97 Å². The first-order chi connectivity index (χ1) is 14.0. The standard InChI is InChI=1S/C20H10Cl2N4O2S/c21-14-4-3-11(6-15(14)22)25-17-8-18-16(24-10-29-18)7-13(17)19(27)26(20(25)28)12-2-1-5-23-9-12/h1-10H. The van der Waals surface area contributed by atoms with E-state index in [0.29, 0.717) is 37.8 Å². The highest BCUT2D eigenvalue weighted by atomic mass is 35.5. The number of nitrogens with zero attached hydrogens (tertiary/aromatic N) is 4. The second-order valence-electron chi connectivity index (χ2n) is 6.26. The largest absolute Gasteiger partial charge is 0.340 e. The molecule has 0 aliphatic heterocycles. The van der Waals surface area contributed by atoms with Crippen molar-refractivity contribution in [3.63, 3.8) is 0 Å². The molecule has 0 bridgehead atoms. The molecule has 0 aliphatic rings. The molecule has 0 atom stereocenters. The van der Waals surface area contributed by atoms with Crippen molar-refractivity contribution in [2.24, 2.45) is 0 Å². The van der Waals surface area contributed by atoms with Crippen molar-refractivity contribution >= 4 is 55.7 Å². The average molecular weight is 441 g/mol. The lowest BCUT2D eigenvalue weighted by molar-refractivity contribution is 0.831. The second-order valence-corrected chi connectivity index (χ2v) is 7.96. The van der Waals surface area contributed by atoms with Gasteiger partial charge in [-0.2, -0.15) is 0 Å². The summed E-state index contributed by atoms with van der Waals surface area (Å²) in [7, 11) is 0. The van der Waals surface area contributed by atoms with Gasteiger partial charge in [-0.3, -0.25) is 14.3 Å². The first-order valence-electron chi connectivity index (χ1n) is 8.45. The van der Waals surface area contributed by atoms with E-state index in [0.717, 1.165) is 9.27 Å². The summed E-state index contributed by atoms with van der Waals surface area (Å²) in [5.41, 5.74) is 2.76. The Kier molecular flexibility index (Phi) is 4.24. The van der Waals surface area contributed by atoms with Crippen molar-refractivity contribution in [2.45, 2.75) is 0 Å². The summed E-state index contributed by atoms with van der Waals surface area (Å²) in [4.78, 5) is 35.1. The smallest absolute Gasteiger partial charge is 0.268 e. The highest BCUT2D eigenvalue weighted by Crippen LogP contribution is 2.27. The third-order valence-electron chi connectivity index (χ3n) is 4.57. The normalized spacial score (nSPS) is 11.4. The molecule has 29 heavy (non-hydrogen) atoms. The number of pyridine rings is 1. The van der Waals surface area contributed by atoms with E-state index in [4.69, 9.17) is 23.2 Å². The molecular weight excluding hydrogens is 431 g/mol. The molecule has 0 unspecified atom stereocenters. The van der Waals surface area contributed by atoms with Crippen molar-refractivity contribution in [3.8, 4) is 11.4 Å². The molecular formula is C20H10Cl2N4O2S. The zero-order valence-corrected chi connectivity index (χ0v) is 16.9. The van der Waals surface area contributed by atoms with Gasteiger partial charge in [0.05, 0.1) is 54.2 Å². The Morgan fingerprint density at radius 1 is 0.931 bits per heavy atom. The van der Waals surface area contributed by atoms with Crippen LogP contribution < -0.4 is 11.2 Å². The molecule has 0 saturated heterocycles. The second kappa shape index (κ2) is 6.81. The van der Waals surface area contributed by atoms with E-state index in [1.807, 2.05) is 0 Å². The van der Waals surface area contributed by atoms with E-state index in [1.165, 1.54) is 22.1 Å². The van der Waals surface area contributed by atoms with E-state index >= 15 is 0 Å². The minimum absolute atomic E-state index is 0.308. The third kappa shape index (κ3) is 2.86. The summed E-state index contributed by atoms with van der Waals surface area (Å²) in [6.45, 7) is 0. The van der Waals surface area contributed by atoms with Gasteiger partial charge in [0.15, 0.2) is 0 Å². The predicted octanol–water partition coefficient (Wildman–Crippen LogP) is 4.45. The maximum atomic E-state index is 13.5. The van der Waals surface area contributed by atoms with Crippen LogP contribution in [0.1, 0.15) is 0 Å². The van der Waals surface area contributed by atoms with E-state index in [1.54, 1.807) is 54.2 Å². The van der Waals surface area contributed by atoms with Gasteiger partial charge in [0.2, 0.25) is 0 Å². The van der Waals surface area contributed by atoms with Crippen molar-refractivity contribution in [3.05, 3.63) is 91.3 Å². The van der Waals surface area contributed by atoms with Crippen LogP contribution in [-0.2, 0) is 0 Å². The van der Waals surface area contributed by atoms with Crippen LogP contribution in [-0.4, -0.2) is 19.1 Å². The minimum atomic E-state index is -0.530. The lowest BCUT2D eigenvalue weighted by Gasteiger charge is -2.14. The molecule has 5 rings (SSSR count). The van der Waals surface area contributed by atoms with Gasteiger partial charge in [-0.1, -0.05) is 23.2 Å². The Bertz CT molecular complexity index is 1520. The van der Waals surface area contributed by atoms with Gasteiger partial charge in [-0.25, -0.2) is 14.3 Å². The monoisotopic (exact) mass is 440 g/mol. The quantitative estimate of drug-likeness (QED) is 0.406. The molecule has 3 aromatic heterocycles. The maximum absolute atomic E-state index is 13.5. The fraction of sp³-hybridized carbons (Fsp3) is 0. The summed E-state index contributed by atoms with van der Waals surface area (Å²) in [5.74, 6) is 0. The zero-order valence-electron chi connectivity index (χ0n) is 14.5. The molecule has 5 aromatic rings. The van der Waals surface area contributed by atoms with Crippen LogP contribution in [0.4, 0.5) is 0 Å². The Balaban J connectivity index is 2.00. The minimum Gasteiger partial charge on any atom is -0.268 e. The van der Waals surface area contributed by atoms with Crippen molar-refractivity contribution < 1.29 is 0 Å². The molecule has 142 valence electrons. The molecule has 0 N–H and O–H groups in total. The number of fused-ring (bicyclic) bond motifs is 2. The Morgan fingerprint density at radius 3 is 2.55 bits per heavy atom. The molecule has 0 radical (unpaired) electrons. The Morgan fingerprint density at radius 2 is 1.79 bits per heavy atom. The van der Waals surface area contributed by atoms with Crippen molar-refractivity contribution in [1.82, 2.24) is 19.1 Å². The van der Waals surface area contributed by atoms with Gasteiger partial charge in [-0.15, -0.1) is 11.3 Å². The van der Waals surface area contributed by atoms with E-state index in [9.17, 15) is 9.59 Å². The molecule has 6 nitrogen and oxygen atoms in total. The molecule has 9 heteroatoms. The SMILES string of the molecule is O=c1c2cc3ncsc3cc2n(-c2ccc(Cl)c(Cl)c2)c(=O)n1-c1cccnc1. The van der Waals surface area contributed by atoms with Gasteiger partial charge in [0.1, 0.15) is 0 Å². The Hall–Kier alpha value is -3.00. The van der Waals surface area contributed by atoms with Crippen LogP contribution >= 0.6 is 34.5 Å².